The van der Waals surface area contributed by atoms with E-state index in [0.717, 1.165) is 22.0 Å². The zero-order chi connectivity index (χ0) is 21.7. The number of carbonyl (C=O) groups is 2. The molecule has 1 aliphatic heterocycles. The summed E-state index contributed by atoms with van der Waals surface area (Å²) in [4.78, 5) is 28.1. The molecular weight excluding hydrogens is 444 g/mol. The van der Waals surface area contributed by atoms with Gasteiger partial charge in [0.15, 0.2) is 0 Å². The first-order valence-electron chi connectivity index (χ1n) is 10.3. The van der Waals surface area contributed by atoms with Crippen LogP contribution in [0.3, 0.4) is 0 Å². The van der Waals surface area contributed by atoms with E-state index in [0.29, 0.717) is 25.9 Å². The number of rotatable bonds is 7. The molecule has 0 N–H and O–H groups in total. The molecule has 30 heavy (non-hydrogen) atoms. The normalized spacial score (nSPS) is 19.9. The Bertz CT molecular complexity index is 872. The van der Waals surface area contributed by atoms with Crippen molar-refractivity contribution in [3.05, 3.63) is 70.2 Å². The second-order valence-electron chi connectivity index (χ2n) is 7.94. The van der Waals surface area contributed by atoms with E-state index in [-0.39, 0.29) is 18.0 Å². The van der Waals surface area contributed by atoms with Gasteiger partial charge in [-0.1, -0.05) is 58.4 Å². The summed E-state index contributed by atoms with van der Waals surface area (Å²) in [7, 11) is 1.80. The van der Waals surface area contributed by atoms with E-state index in [1.54, 1.807) is 23.8 Å². The van der Waals surface area contributed by atoms with Crippen LogP contribution in [0.2, 0.25) is 0 Å². The number of hydrogen-bond donors (Lipinski definition) is 0. The summed E-state index contributed by atoms with van der Waals surface area (Å²) in [5.41, 5.74) is 1.43. The van der Waals surface area contributed by atoms with Gasteiger partial charge < -0.3 is 14.5 Å². The molecule has 3 rings (SSSR count). The predicted molar refractivity (Wildman–Crippen MR) is 121 cm³/mol. The molecule has 1 heterocycles. The van der Waals surface area contributed by atoms with Crippen molar-refractivity contribution in [2.24, 2.45) is 0 Å². The van der Waals surface area contributed by atoms with E-state index in [1.807, 2.05) is 61.5 Å². The van der Waals surface area contributed by atoms with Crippen LogP contribution in [0.4, 0.5) is 4.79 Å². The Labute approximate surface area is 187 Å². The second-order valence-corrected chi connectivity index (χ2v) is 8.86. The Balaban J connectivity index is 1.76. The van der Waals surface area contributed by atoms with Crippen molar-refractivity contribution in [2.75, 3.05) is 20.1 Å². The lowest BCUT2D eigenvalue weighted by atomic mass is 9.84. The second kappa shape index (κ2) is 9.65. The highest BCUT2D eigenvalue weighted by atomic mass is 79.9. The molecule has 0 radical (unpaired) electrons. The van der Waals surface area contributed by atoms with Gasteiger partial charge >= 0.3 is 6.09 Å². The van der Waals surface area contributed by atoms with Crippen LogP contribution < -0.4 is 0 Å². The number of hydrogen-bond acceptors (Lipinski definition) is 3. The van der Waals surface area contributed by atoms with Crippen molar-refractivity contribution in [3.63, 3.8) is 0 Å². The number of carbonyl (C=O) groups excluding carboxylic acids is 2. The first-order chi connectivity index (χ1) is 14.3. The van der Waals surface area contributed by atoms with Crippen LogP contribution in [0.5, 0.6) is 0 Å². The molecule has 1 fully saturated rings. The van der Waals surface area contributed by atoms with Crippen LogP contribution in [0.15, 0.2) is 59.1 Å². The summed E-state index contributed by atoms with van der Waals surface area (Å²) in [5.74, 6) is 0.0406. The van der Waals surface area contributed by atoms with Gasteiger partial charge in [-0.2, -0.15) is 0 Å². The highest BCUT2D eigenvalue weighted by molar-refractivity contribution is 9.10. The van der Waals surface area contributed by atoms with Crippen molar-refractivity contribution in [2.45, 2.75) is 44.8 Å². The fraction of sp³-hybridized carbons (Fsp3) is 0.417. The maximum atomic E-state index is 13.1. The van der Waals surface area contributed by atoms with Crippen molar-refractivity contribution >= 4 is 27.9 Å². The third-order valence-electron chi connectivity index (χ3n) is 6.01. The fourth-order valence-corrected chi connectivity index (χ4v) is 4.23. The third-order valence-corrected chi connectivity index (χ3v) is 6.53. The molecule has 2 atom stereocenters. The molecule has 2 aromatic carbocycles. The largest absolute Gasteiger partial charge is 0.438 e. The van der Waals surface area contributed by atoms with Crippen molar-refractivity contribution in [3.8, 4) is 0 Å². The minimum atomic E-state index is -0.661. The molecule has 1 aliphatic rings. The maximum absolute atomic E-state index is 13.1. The first-order valence-corrected chi connectivity index (χ1v) is 11.1. The Hall–Kier alpha value is -2.34. The van der Waals surface area contributed by atoms with Crippen LogP contribution in [0.1, 0.15) is 50.3 Å². The highest BCUT2D eigenvalue weighted by Gasteiger charge is 2.43. The van der Waals surface area contributed by atoms with Crippen LogP contribution in [-0.4, -0.2) is 41.9 Å². The van der Waals surface area contributed by atoms with Crippen molar-refractivity contribution in [1.82, 2.24) is 9.80 Å². The fourth-order valence-electron chi connectivity index (χ4n) is 3.97. The first kappa shape index (κ1) is 22.3. The Kier molecular flexibility index (Phi) is 7.19. The summed E-state index contributed by atoms with van der Waals surface area (Å²) < 4.78 is 7.17. The summed E-state index contributed by atoms with van der Waals surface area (Å²) in [5, 5.41) is 0. The molecule has 0 bridgehead atoms. The lowest BCUT2D eigenvalue weighted by Gasteiger charge is -2.44. The maximum Gasteiger partial charge on any atom is 0.411 e. The molecule has 0 aliphatic carbocycles. The summed E-state index contributed by atoms with van der Waals surface area (Å²) >= 11 is 3.46. The minimum absolute atomic E-state index is 0.0406. The number of benzene rings is 2. The number of amides is 2. The number of ether oxygens (including phenoxy) is 1. The SMILES string of the molecule is CC(=O)N(C)CCC[C@]1(c2ccccc2)CCN([C@@H](C)c2ccc(Br)cc2)C(=O)O1. The Morgan fingerprint density at radius 1 is 1.20 bits per heavy atom. The van der Waals surface area contributed by atoms with Gasteiger partial charge in [0.25, 0.3) is 0 Å². The van der Waals surface area contributed by atoms with Crippen molar-refractivity contribution < 1.29 is 14.3 Å². The minimum Gasteiger partial charge on any atom is -0.438 e. The molecule has 6 heteroatoms. The summed E-state index contributed by atoms with van der Waals surface area (Å²) in [6.45, 7) is 4.85. The monoisotopic (exact) mass is 472 g/mol. The predicted octanol–water partition coefficient (Wildman–Crippen LogP) is 5.51. The Morgan fingerprint density at radius 3 is 2.47 bits per heavy atom. The smallest absolute Gasteiger partial charge is 0.411 e. The zero-order valence-electron chi connectivity index (χ0n) is 17.8. The molecule has 0 saturated carbocycles. The number of halogens is 1. The van der Waals surface area contributed by atoms with Gasteiger partial charge in [-0.15, -0.1) is 0 Å². The average Bonchev–Trinajstić information content (AvgIpc) is 2.74. The van der Waals surface area contributed by atoms with E-state index >= 15 is 0 Å². The molecule has 5 nitrogen and oxygen atoms in total. The molecular formula is C24H29BrN2O3. The lowest BCUT2D eigenvalue weighted by molar-refractivity contribution is -0.128. The molecule has 160 valence electrons. The summed E-state index contributed by atoms with van der Waals surface area (Å²) in [6.07, 6.45) is 1.87. The zero-order valence-corrected chi connectivity index (χ0v) is 19.4. The molecule has 2 aromatic rings. The quantitative estimate of drug-likeness (QED) is 0.533. The molecule has 0 spiro atoms. The van der Waals surface area contributed by atoms with Crippen molar-refractivity contribution in [1.29, 1.82) is 0 Å². The van der Waals surface area contributed by atoms with E-state index in [2.05, 4.69) is 15.9 Å². The third kappa shape index (κ3) is 5.04. The molecule has 1 saturated heterocycles. The van der Waals surface area contributed by atoms with Gasteiger partial charge in [-0.05, 0) is 43.0 Å². The number of nitrogens with zero attached hydrogens (tertiary/aromatic N) is 2. The van der Waals surface area contributed by atoms with Gasteiger partial charge in [-0.25, -0.2) is 4.79 Å². The number of cyclic esters (lactones) is 1. The molecule has 2 amide bonds. The van der Waals surface area contributed by atoms with E-state index in [1.165, 1.54) is 0 Å². The van der Waals surface area contributed by atoms with E-state index in [4.69, 9.17) is 4.74 Å². The van der Waals surface area contributed by atoms with Crippen LogP contribution in [0, 0.1) is 0 Å². The lowest BCUT2D eigenvalue weighted by Crippen LogP contribution is -2.49. The van der Waals surface area contributed by atoms with Crippen LogP contribution in [-0.2, 0) is 15.1 Å². The molecule has 0 unspecified atom stereocenters. The molecule has 0 aromatic heterocycles. The Morgan fingerprint density at radius 2 is 1.87 bits per heavy atom. The van der Waals surface area contributed by atoms with Gasteiger partial charge in [-0.3, -0.25) is 4.79 Å². The topological polar surface area (TPSA) is 49.9 Å². The van der Waals surface area contributed by atoms with Gasteiger partial charge in [0.05, 0.1) is 6.04 Å². The van der Waals surface area contributed by atoms with E-state index < -0.39 is 5.60 Å². The highest BCUT2D eigenvalue weighted by Crippen LogP contribution is 2.40. The van der Waals surface area contributed by atoms with Crippen LogP contribution >= 0.6 is 15.9 Å². The van der Waals surface area contributed by atoms with Crippen LogP contribution in [0.25, 0.3) is 0 Å². The summed E-state index contributed by atoms with van der Waals surface area (Å²) in [6, 6.07) is 17.9. The van der Waals surface area contributed by atoms with E-state index in [9.17, 15) is 9.59 Å². The van der Waals surface area contributed by atoms with Gasteiger partial charge in [0.1, 0.15) is 5.60 Å². The standard InChI is InChI=1S/C24H29BrN2O3/c1-18(20-10-12-22(25)13-11-20)27-17-15-24(30-23(27)29,21-8-5-4-6-9-21)14-7-16-26(3)19(2)28/h4-6,8-13,18H,7,14-17H2,1-3H3/t18-,24+/m0/s1. The average molecular weight is 473 g/mol. The van der Waals surface area contributed by atoms with Gasteiger partial charge in [0, 0.05) is 38.0 Å². The van der Waals surface area contributed by atoms with Gasteiger partial charge in [0.2, 0.25) is 5.91 Å².